The van der Waals surface area contributed by atoms with Crippen LogP contribution in [0.4, 0.5) is 0 Å². The third-order valence-electron chi connectivity index (χ3n) is 6.87. The molecular formula is C26H20O2. The number of ether oxygens (including phenoxy) is 1. The molecule has 1 fully saturated rings. The Balaban J connectivity index is 1.68. The van der Waals surface area contributed by atoms with Crippen LogP contribution < -0.4 is 0 Å². The van der Waals surface area contributed by atoms with Crippen LogP contribution in [0.1, 0.15) is 34.4 Å². The van der Waals surface area contributed by atoms with Crippen LogP contribution >= 0.6 is 0 Å². The first-order valence-electron chi connectivity index (χ1n) is 9.86. The molecule has 0 spiro atoms. The first-order chi connectivity index (χ1) is 13.8. The van der Waals surface area contributed by atoms with Gasteiger partial charge in [0.25, 0.3) is 0 Å². The molecule has 1 saturated carbocycles. The van der Waals surface area contributed by atoms with Crippen LogP contribution in [0.3, 0.4) is 0 Å². The summed E-state index contributed by atoms with van der Waals surface area (Å²) >= 11 is 0. The summed E-state index contributed by atoms with van der Waals surface area (Å²) in [5.41, 5.74) is 3.90. The minimum atomic E-state index is -0.147. The normalized spacial score (nSPS) is 24.8. The van der Waals surface area contributed by atoms with E-state index in [0.717, 1.165) is 0 Å². The van der Waals surface area contributed by atoms with Gasteiger partial charge in [-0.25, -0.2) is 0 Å². The average molecular weight is 364 g/mol. The van der Waals surface area contributed by atoms with Crippen molar-refractivity contribution in [1.82, 2.24) is 0 Å². The van der Waals surface area contributed by atoms with Crippen LogP contribution in [-0.4, -0.2) is 13.1 Å². The molecule has 2 aliphatic carbocycles. The van der Waals surface area contributed by atoms with E-state index < -0.39 is 0 Å². The van der Waals surface area contributed by atoms with Crippen molar-refractivity contribution >= 4 is 27.5 Å². The molecule has 0 heterocycles. The fourth-order valence-corrected chi connectivity index (χ4v) is 5.81. The number of esters is 1. The quantitative estimate of drug-likeness (QED) is 0.334. The zero-order valence-electron chi connectivity index (χ0n) is 15.6. The predicted molar refractivity (Wildman–Crippen MR) is 112 cm³/mol. The van der Waals surface area contributed by atoms with Crippen molar-refractivity contribution in [2.45, 2.75) is 17.8 Å². The molecule has 2 heteroatoms. The first-order valence-corrected chi connectivity index (χ1v) is 9.86. The highest BCUT2D eigenvalue weighted by molar-refractivity contribution is 6.13. The van der Waals surface area contributed by atoms with Gasteiger partial charge in [0.2, 0.25) is 0 Å². The third-order valence-corrected chi connectivity index (χ3v) is 6.87. The van der Waals surface area contributed by atoms with Gasteiger partial charge in [0.15, 0.2) is 0 Å². The highest BCUT2D eigenvalue weighted by Gasteiger charge is 2.58. The molecule has 0 aliphatic heterocycles. The number of hydrogen-bond donors (Lipinski definition) is 0. The van der Waals surface area contributed by atoms with Gasteiger partial charge >= 0.3 is 5.97 Å². The van der Waals surface area contributed by atoms with Crippen molar-refractivity contribution in [3.63, 3.8) is 0 Å². The minimum Gasteiger partial charge on any atom is -0.469 e. The van der Waals surface area contributed by atoms with E-state index in [0.29, 0.717) is 5.92 Å². The molecule has 0 amide bonds. The molecule has 4 aromatic rings. The standard InChI is InChI=1S/C26H20O2/c1-28-26(27)25-22(15-7-3-2-4-8-15)23-18-11-5-9-16-13-14-17-10-6-12-19(24(23)25)21(17)20(16)18/h2-14,22-25H,1H3/t22-,23-,24-,25-/m0/s1. The van der Waals surface area contributed by atoms with Crippen molar-refractivity contribution in [2.24, 2.45) is 5.92 Å². The number of rotatable bonds is 2. The fourth-order valence-electron chi connectivity index (χ4n) is 5.81. The Morgan fingerprint density at radius 2 is 1.29 bits per heavy atom. The second-order valence-corrected chi connectivity index (χ2v) is 7.99. The Morgan fingerprint density at radius 1 is 0.679 bits per heavy atom. The van der Waals surface area contributed by atoms with Gasteiger partial charge in [0.05, 0.1) is 13.0 Å². The number of methoxy groups -OCH3 is 1. The van der Waals surface area contributed by atoms with E-state index >= 15 is 0 Å². The Kier molecular flexibility index (Phi) is 3.22. The first kappa shape index (κ1) is 15.9. The zero-order valence-corrected chi connectivity index (χ0v) is 15.6. The number of carbonyl (C=O) groups is 1. The molecule has 2 nitrogen and oxygen atoms in total. The summed E-state index contributed by atoms with van der Waals surface area (Å²) in [4.78, 5) is 12.9. The van der Waals surface area contributed by atoms with Gasteiger partial charge in [-0.2, -0.15) is 0 Å². The van der Waals surface area contributed by atoms with Crippen molar-refractivity contribution < 1.29 is 9.53 Å². The smallest absolute Gasteiger partial charge is 0.309 e. The van der Waals surface area contributed by atoms with Crippen LogP contribution in [0.25, 0.3) is 21.5 Å². The van der Waals surface area contributed by atoms with Crippen LogP contribution in [0.5, 0.6) is 0 Å². The summed E-state index contributed by atoms with van der Waals surface area (Å²) in [5, 5.41) is 5.21. The molecule has 0 bridgehead atoms. The Morgan fingerprint density at radius 3 is 1.89 bits per heavy atom. The van der Waals surface area contributed by atoms with Gasteiger partial charge in [-0.15, -0.1) is 0 Å². The van der Waals surface area contributed by atoms with Gasteiger partial charge in [-0.3, -0.25) is 4.79 Å². The van der Waals surface area contributed by atoms with Crippen molar-refractivity contribution in [3.8, 4) is 0 Å². The van der Waals surface area contributed by atoms with Gasteiger partial charge < -0.3 is 4.74 Å². The van der Waals surface area contributed by atoms with E-state index in [1.165, 1.54) is 45.3 Å². The van der Waals surface area contributed by atoms with E-state index in [9.17, 15) is 4.79 Å². The van der Waals surface area contributed by atoms with E-state index in [2.05, 4.69) is 72.8 Å². The summed E-state index contributed by atoms with van der Waals surface area (Å²) in [6.45, 7) is 0. The van der Waals surface area contributed by atoms with Crippen molar-refractivity contribution in [3.05, 3.63) is 95.6 Å². The maximum Gasteiger partial charge on any atom is 0.309 e. The SMILES string of the molecule is COC(=O)[C@H]1[C@@H](c2ccccc2)[C@@H]2c3cccc4ccc5cccc(c5c34)[C@H]12. The van der Waals surface area contributed by atoms with E-state index in [-0.39, 0.29) is 23.7 Å². The number of fused-ring (bicyclic) bond motifs is 3. The topological polar surface area (TPSA) is 26.3 Å². The second-order valence-electron chi connectivity index (χ2n) is 7.99. The van der Waals surface area contributed by atoms with Crippen LogP contribution in [0.15, 0.2) is 78.9 Å². The maximum absolute atomic E-state index is 12.9. The molecule has 2 aliphatic rings. The van der Waals surface area contributed by atoms with Crippen LogP contribution in [-0.2, 0) is 9.53 Å². The Bertz CT molecular complexity index is 1240. The van der Waals surface area contributed by atoms with E-state index in [1.54, 1.807) is 0 Å². The molecule has 6 rings (SSSR count). The lowest BCUT2D eigenvalue weighted by Gasteiger charge is -2.53. The average Bonchev–Trinajstić information content (AvgIpc) is 2.73. The molecular weight excluding hydrogens is 344 g/mol. The van der Waals surface area contributed by atoms with Gasteiger partial charge in [-0.05, 0) is 44.2 Å². The molecule has 0 radical (unpaired) electrons. The zero-order chi connectivity index (χ0) is 18.8. The fraction of sp³-hybridized carbons (Fsp3) is 0.192. The monoisotopic (exact) mass is 364 g/mol. The molecule has 0 saturated heterocycles. The summed E-state index contributed by atoms with van der Waals surface area (Å²) in [6.07, 6.45) is 0. The predicted octanol–water partition coefficient (Wildman–Crippen LogP) is 5.76. The molecule has 4 atom stereocenters. The van der Waals surface area contributed by atoms with Crippen LogP contribution in [0.2, 0.25) is 0 Å². The second kappa shape index (κ2) is 5.68. The van der Waals surface area contributed by atoms with E-state index in [4.69, 9.17) is 4.74 Å². The van der Waals surface area contributed by atoms with Crippen LogP contribution in [0, 0.1) is 5.92 Å². The lowest BCUT2D eigenvalue weighted by Crippen LogP contribution is -2.47. The molecule has 0 N–H and O–H groups in total. The lowest BCUT2D eigenvalue weighted by atomic mass is 9.48. The molecule has 28 heavy (non-hydrogen) atoms. The van der Waals surface area contributed by atoms with Gasteiger partial charge in [-0.1, -0.05) is 78.9 Å². The molecule has 0 aromatic heterocycles. The summed E-state index contributed by atoms with van der Waals surface area (Å²) in [7, 11) is 1.51. The Hall–Kier alpha value is -3.13. The van der Waals surface area contributed by atoms with Crippen molar-refractivity contribution in [1.29, 1.82) is 0 Å². The van der Waals surface area contributed by atoms with Gasteiger partial charge in [0, 0.05) is 11.8 Å². The summed E-state index contributed by atoms with van der Waals surface area (Å²) in [5.74, 6) is 0.371. The number of carbonyl (C=O) groups excluding carboxylic acids is 1. The third kappa shape index (κ3) is 1.90. The largest absolute Gasteiger partial charge is 0.469 e. The highest BCUT2D eigenvalue weighted by Crippen LogP contribution is 2.66. The molecule has 0 unspecified atom stereocenters. The number of hydrogen-bond acceptors (Lipinski definition) is 2. The molecule has 136 valence electrons. The number of benzene rings is 4. The Labute approximate surface area is 163 Å². The van der Waals surface area contributed by atoms with E-state index in [1.807, 2.05) is 6.07 Å². The van der Waals surface area contributed by atoms with Gasteiger partial charge in [0.1, 0.15) is 0 Å². The molecule has 4 aromatic carbocycles. The van der Waals surface area contributed by atoms with Crippen molar-refractivity contribution in [2.75, 3.05) is 7.11 Å². The summed E-state index contributed by atoms with van der Waals surface area (Å²) < 4.78 is 5.27. The lowest BCUT2D eigenvalue weighted by molar-refractivity contribution is -0.151. The minimum absolute atomic E-state index is 0.0985. The maximum atomic E-state index is 12.9. The highest BCUT2D eigenvalue weighted by atomic mass is 16.5. The summed E-state index contributed by atoms with van der Waals surface area (Å²) in [6, 6.07) is 28.0.